The lowest BCUT2D eigenvalue weighted by Gasteiger charge is -2.36. The Morgan fingerprint density at radius 2 is 1.75 bits per heavy atom. The third kappa shape index (κ3) is 5.48. The Labute approximate surface area is 184 Å². The van der Waals surface area contributed by atoms with Crippen molar-refractivity contribution < 1.29 is 30.9 Å². The molecule has 0 saturated carbocycles. The van der Waals surface area contributed by atoms with Crippen molar-refractivity contribution in [2.24, 2.45) is 0 Å². The van der Waals surface area contributed by atoms with Crippen LogP contribution in [-0.2, 0) is 27.5 Å². The molecule has 0 radical (unpaired) electrons. The molecule has 1 aliphatic rings. The fraction of sp³-hybridized carbons (Fsp3) is 0.500. The fourth-order valence-electron chi connectivity index (χ4n) is 3.66. The lowest BCUT2D eigenvalue weighted by molar-refractivity contribution is -0.137. The zero-order valence-electron chi connectivity index (χ0n) is 17.9. The molecule has 0 unspecified atom stereocenters. The van der Waals surface area contributed by atoms with Gasteiger partial charge < -0.3 is 9.42 Å². The Bertz CT molecular complexity index is 1040. The third-order valence-corrected chi connectivity index (χ3v) is 7.09. The van der Waals surface area contributed by atoms with Gasteiger partial charge in [0.2, 0.25) is 15.9 Å². The molecule has 1 aromatic heterocycles. The predicted molar refractivity (Wildman–Crippen MR) is 109 cm³/mol. The molecule has 1 atom stereocenters. The van der Waals surface area contributed by atoms with Crippen LogP contribution >= 0.6 is 0 Å². The van der Waals surface area contributed by atoms with Crippen LogP contribution in [0.15, 0.2) is 33.7 Å². The molecule has 0 spiro atoms. The molecule has 3 rings (SSSR count). The van der Waals surface area contributed by atoms with Gasteiger partial charge in [-0.05, 0) is 38.5 Å². The first-order valence-corrected chi connectivity index (χ1v) is 11.5. The van der Waals surface area contributed by atoms with Gasteiger partial charge in [0.05, 0.1) is 11.6 Å². The van der Waals surface area contributed by atoms with Crippen LogP contribution in [0.3, 0.4) is 0 Å². The molecule has 12 heteroatoms. The van der Waals surface area contributed by atoms with Crippen molar-refractivity contribution in [1.29, 1.82) is 0 Å². The number of carbonyl (C=O) groups is 1. The molecule has 1 aromatic carbocycles. The molecule has 2 aromatic rings. The van der Waals surface area contributed by atoms with E-state index >= 15 is 0 Å². The second-order valence-electron chi connectivity index (χ2n) is 7.79. The van der Waals surface area contributed by atoms with Crippen LogP contribution in [0.5, 0.6) is 0 Å². The van der Waals surface area contributed by atoms with E-state index in [1.54, 1.807) is 4.90 Å². The number of piperazine rings is 1. The maximum atomic E-state index is 12.7. The molecule has 1 fully saturated rings. The number of nitrogens with one attached hydrogen (secondary N) is 1. The minimum absolute atomic E-state index is 0.0708. The van der Waals surface area contributed by atoms with Crippen LogP contribution in [0.1, 0.15) is 29.5 Å². The van der Waals surface area contributed by atoms with E-state index in [-0.39, 0.29) is 22.3 Å². The van der Waals surface area contributed by atoms with Crippen molar-refractivity contribution >= 4 is 15.9 Å². The van der Waals surface area contributed by atoms with Crippen LogP contribution in [0.2, 0.25) is 0 Å². The Kier molecular flexibility index (Phi) is 6.96. The zero-order valence-corrected chi connectivity index (χ0v) is 18.8. The van der Waals surface area contributed by atoms with Crippen molar-refractivity contribution in [1.82, 2.24) is 19.7 Å². The summed E-state index contributed by atoms with van der Waals surface area (Å²) in [6, 6.07) is 4.04. The van der Waals surface area contributed by atoms with E-state index in [4.69, 9.17) is 4.52 Å². The second-order valence-corrected chi connectivity index (χ2v) is 9.44. The van der Waals surface area contributed by atoms with Gasteiger partial charge >= 0.3 is 6.18 Å². The highest BCUT2D eigenvalue weighted by atomic mass is 32.2. The van der Waals surface area contributed by atoms with Gasteiger partial charge in [-0.2, -0.15) is 17.9 Å². The smallest absolute Gasteiger partial charge is 0.360 e. The van der Waals surface area contributed by atoms with Gasteiger partial charge in [0.15, 0.2) is 5.76 Å². The van der Waals surface area contributed by atoms with Gasteiger partial charge in [0.1, 0.15) is 10.6 Å². The first-order chi connectivity index (χ1) is 14.9. The molecular formula is C20H25F3N4O4S. The van der Waals surface area contributed by atoms with Gasteiger partial charge in [-0.15, -0.1) is 0 Å². The number of hydrogen-bond donors (Lipinski definition) is 1. The average molecular weight is 475 g/mol. The third-order valence-electron chi connectivity index (χ3n) is 5.31. The van der Waals surface area contributed by atoms with E-state index in [0.29, 0.717) is 32.7 Å². The van der Waals surface area contributed by atoms with Crippen molar-refractivity contribution in [3.05, 3.63) is 46.8 Å². The largest absolute Gasteiger partial charge is 0.416 e. The van der Waals surface area contributed by atoms with E-state index in [9.17, 15) is 26.4 Å². The first-order valence-electron chi connectivity index (χ1n) is 10.0. The Morgan fingerprint density at radius 3 is 2.25 bits per heavy atom. The Balaban J connectivity index is 1.54. The Hall–Kier alpha value is -2.44. The molecule has 2 heterocycles. The summed E-state index contributed by atoms with van der Waals surface area (Å²) in [6.07, 6.45) is -4.37. The van der Waals surface area contributed by atoms with E-state index in [2.05, 4.69) is 9.88 Å². The lowest BCUT2D eigenvalue weighted by atomic mass is 10.1. The zero-order chi connectivity index (χ0) is 23.7. The summed E-state index contributed by atoms with van der Waals surface area (Å²) < 4.78 is 70.6. The molecule has 32 heavy (non-hydrogen) atoms. The summed E-state index contributed by atoms with van der Waals surface area (Å²) in [7, 11) is -3.97. The van der Waals surface area contributed by atoms with Gasteiger partial charge in [0, 0.05) is 32.7 Å². The summed E-state index contributed by atoms with van der Waals surface area (Å²) in [6.45, 7) is 6.76. The quantitative estimate of drug-likeness (QED) is 0.691. The van der Waals surface area contributed by atoms with Gasteiger partial charge in [-0.3, -0.25) is 9.69 Å². The molecule has 1 N–H and O–H groups in total. The topological polar surface area (TPSA) is 95.8 Å². The van der Waals surface area contributed by atoms with Crippen LogP contribution in [0, 0.1) is 13.8 Å². The number of halogens is 3. The van der Waals surface area contributed by atoms with E-state index in [1.807, 2.05) is 4.90 Å². The van der Waals surface area contributed by atoms with Crippen molar-refractivity contribution in [3.63, 3.8) is 0 Å². The number of nitrogens with zero attached hydrogens (tertiary/aromatic N) is 3. The molecular weight excluding hydrogens is 449 g/mol. The molecule has 176 valence electrons. The molecule has 0 aliphatic carbocycles. The van der Waals surface area contributed by atoms with Gasteiger partial charge in [-0.25, -0.2) is 8.42 Å². The average Bonchev–Trinajstić information content (AvgIpc) is 3.06. The highest BCUT2D eigenvalue weighted by Crippen LogP contribution is 2.29. The highest BCUT2D eigenvalue weighted by Gasteiger charge is 2.32. The number of carbonyl (C=O) groups excluding carboxylic acids is 1. The number of rotatable bonds is 6. The van der Waals surface area contributed by atoms with Gasteiger partial charge in [-0.1, -0.05) is 17.3 Å². The van der Waals surface area contributed by atoms with E-state index in [1.165, 1.54) is 32.9 Å². The molecule has 1 saturated heterocycles. The maximum Gasteiger partial charge on any atom is 0.416 e. The highest BCUT2D eigenvalue weighted by molar-refractivity contribution is 7.89. The van der Waals surface area contributed by atoms with Crippen molar-refractivity contribution in [2.75, 3.05) is 26.2 Å². The summed E-state index contributed by atoms with van der Waals surface area (Å²) >= 11 is 0. The summed E-state index contributed by atoms with van der Waals surface area (Å²) in [5.41, 5.74) is 0.273. The number of sulfonamides is 1. The second kappa shape index (κ2) is 9.20. The molecule has 8 nitrogen and oxygen atoms in total. The number of alkyl halides is 3. The minimum atomic E-state index is -4.37. The summed E-state index contributed by atoms with van der Waals surface area (Å²) in [5, 5.41) is 3.63. The summed E-state index contributed by atoms with van der Waals surface area (Å²) in [5.74, 6) is -0.207. The lowest BCUT2D eigenvalue weighted by Crippen LogP contribution is -2.53. The number of benzene rings is 1. The molecule has 1 amide bonds. The SMILES string of the molecule is Cc1noc(C)c1S(=O)(=O)N[C@@H](C)C(=O)N1CCN(Cc2ccc(C(F)(F)F)cc2)CC1. The molecule has 0 bridgehead atoms. The molecule has 1 aliphatic heterocycles. The van der Waals surface area contributed by atoms with Gasteiger partial charge in [0.25, 0.3) is 0 Å². The van der Waals surface area contributed by atoms with Crippen molar-refractivity contribution in [3.8, 4) is 0 Å². The van der Waals surface area contributed by atoms with Crippen molar-refractivity contribution in [2.45, 2.75) is 44.4 Å². The maximum absolute atomic E-state index is 12.7. The van der Waals surface area contributed by atoms with Crippen LogP contribution < -0.4 is 4.72 Å². The Morgan fingerprint density at radius 1 is 1.16 bits per heavy atom. The minimum Gasteiger partial charge on any atom is -0.360 e. The fourth-order valence-corrected chi connectivity index (χ4v) is 5.18. The van der Waals surface area contributed by atoms with Crippen LogP contribution in [0.25, 0.3) is 0 Å². The number of hydrogen-bond acceptors (Lipinski definition) is 6. The standard InChI is InChI=1S/C20H25F3N4O4S/c1-13-18(15(3)31-24-13)32(29,30)25-14(2)19(28)27-10-8-26(9-11-27)12-16-4-6-17(7-5-16)20(21,22)23/h4-7,14,25H,8-12H2,1-3H3/t14-/m0/s1. The number of amides is 1. The normalized spacial score (nSPS) is 16.9. The van der Waals surface area contributed by atoms with Crippen LogP contribution in [0.4, 0.5) is 13.2 Å². The van der Waals surface area contributed by atoms with E-state index < -0.39 is 27.8 Å². The predicted octanol–water partition coefficient (Wildman–Crippen LogP) is 2.32. The van der Waals surface area contributed by atoms with E-state index in [0.717, 1.165) is 17.7 Å². The van der Waals surface area contributed by atoms with Crippen LogP contribution in [-0.4, -0.2) is 61.5 Å². The number of aromatic nitrogens is 1. The number of aryl methyl sites for hydroxylation is 2. The summed E-state index contributed by atoms with van der Waals surface area (Å²) in [4.78, 5) is 16.3. The monoisotopic (exact) mass is 474 g/mol. The first kappa shape index (κ1) is 24.2.